The maximum absolute atomic E-state index is 12.9. The molecule has 1 aromatic carbocycles. The van der Waals surface area contributed by atoms with Crippen LogP contribution < -0.4 is 0 Å². The summed E-state index contributed by atoms with van der Waals surface area (Å²) in [6, 6.07) is 8.23. The van der Waals surface area contributed by atoms with E-state index in [2.05, 4.69) is 16.8 Å². The molecule has 4 rings (SSSR count). The fourth-order valence-electron chi connectivity index (χ4n) is 4.44. The van der Waals surface area contributed by atoms with Crippen molar-refractivity contribution in [1.82, 2.24) is 14.8 Å². The maximum atomic E-state index is 12.9. The van der Waals surface area contributed by atoms with E-state index >= 15 is 0 Å². The lowest BCUT2D eigenvalue weighted by Crippen LogP contribution is -2.58. The summed E-state index contributed by atoms with van der Waals surface area (Å²) in [6.45, 7) is 3.93. The second-order valence-electron chi connectivity index (χ2n) is 7.57. The monoisotopic (exact) mass is 353 g/mol. The van der Waals surface area contributed by atoms with E-state index in [0.717, 1.165) is 30.3 Å². The van der Waals surface area contributed by atoms with Crippen molar-refractivity contribution >= 4 is 22.7 Å². The summed E-state index contributed by atoms with van der Waals surface area (Å²) in [4.78, 5) is 32.7. The van der Waals surface area contributed by atoms with Gasteiger partial charge in [0.05, 0.1) is 11.5 Å². The Balaban J connectivity index is 1.39. The van der Waals surface area contributed by atoms with E-state index in [1.807, 2.05) is 24.3 Å². The first-order chi connectivity index (χ1) is 12.7. The van der Waals surface area contributed by atoms with Gasteiger partial charge in [-0.05, 0) is 25.8 Å². The van der Waals surface area contributed by atoms with E-state index in [1.165, 1.54) is 19.3 Å². The molecule has 1 saturated carbocycles. The number of aromatic nitrogens is 1. The van der Waals surface area contributed by atoms with Crippen molar-refractivity contribution in [3.05, 3.63) is 36.0 Å². The van der Waals surface area contributed by atoms with Crippen LogP contribution in [-0.4, -0.2) is 52.3 Å². The smallest absolute Gasteiger partial charge is 0.256 e. The molecule has 1 aliphatic carbocycles. The van der Waals surface area contributed by atoms with Crippen LogP contribution in [0.1, 0.15) is 49.4 Å². The first-order valence-electron chi connectivity index (χ1n) is 9.85. The van der Waals surface area contributed by atoms with Crippen molar-refractivity contribution in [2.24, 2.45) is 5.92 Å². The number of carbonyl (C=O) groups excluding carboxylic acids is 2. The molecule has 1 N–H and O–H groups in total. The molecule has 5 heteroatoms. The molecule has 138 valence electrons. The lowest BCUT2D eigenvalue weighted by atomic mass is 9.91. The Hall–Kier alpha value is -2.30. The number of H-pyrrole nitrogens is 1. The molecule has 0 bridgehead atoms. The molecule has 0 unspecified atom stereocenters. The number of hydrogen-bond acceptors (Lipinski definition) is 2. The normalized spacial score (nSPS) is 18.7. The standard InChI is InChI=1S/C21H27N3O2/c1-2-24(16-8-4-3-5-9-16)20(25)15-13-23(14-15)21(26)18-12-22-19-11-7-6-10-17(18)19/h6-7,10-12,15-16,22H,2-5,8-9,13-14H2,1H3. The Morgan fingerprint density at radius 3 is 2.62 bits per heavy atom. The molecule has 26 heavy (non-hydrogen) atoms. The molecule has 2 aromatic rings. The Labute approximate surface area is 154 Å². The molecule has 1 aromatic heterocycles. The number of fused-ring (bicyclic) bond motifs is 1. The van der Waals surface area contributed by atoms with Gasteiger partial charge in [-0.3, -0.25) is 9.59 Å². The highest BCUT2D eigenvalue weighted by Gasteiger charge is 2.40. The minimum atomic E-state index is -0.0361. The summed E-state index contributed by atoms with van der Waals surface area (Å²) in [5, 5.41) is 0.949. The molecule has 0 atom stereocenters. The molecule has 1 saturated heterocycles. The van der Waals surface area contributed by atoms with Crippen LogP contribution in [0.2, 0.25) is 0 Å². The first-order valence-corrected chi connectivity index (χ1v) is 9.85. The third kappa shape index (κ3) is 3.00. The zero-order valence-electron chi connectivity index (χ0n) is 15.4. The quantitative estimate of drug-likeness (QED) is 0.916. The van der Waals surface area contributed by atoms with Gasteiger partial charge < -0.3 is 14.8 Å². The van der Waals surface area contributed by atoms with Crippen molar-refractivity contribution in [3.8, 4) is 0 Å². The van der Waals surface area contributed by atoms with Gasteiger partial charge >= 0.3 is 0 Å². The molecule has 2 aliphatic rings. The van der Waals surface area contributed by atoms with Gasteiger partial charge in [0.15, 0.2) is 0 Å². The molecule has 0 radical (unpaired) electrons. The molecule has 2 amide bonds. The number of benzene rings is 1. The molecule has 1 aliphatic heterocycles. The summed E-state index contributed by atoms with van der Waals surface area (Å²) in [7, 11) is 0. The molecule has 5 nitrogen and oxygen atoms in total. The third-order valence-corrected chi connectivity index (χ3v) is 5.98. The largest absolute Gasteiger partial charge is 0.360 e. The highest BCUT2D eigenvalue weighted by molar-refractivity contribution is 6.07. The van der Waals surface area contributed by atoms with Crippen molar-refractivity contribution in [3.63, 3.8) is 0 Å². The zero-order valence-corrected chi connectivity index (χ0v) is 15.4. The second-order valence-corrected chi connectivity index (χ2v) is 7.57. The average molecular weight is 353 g/mol. The van der Waals surface area contributed by atoms with E-state index in [9.17, 15) is 9.59 Å². The van der Waals surface area contributed by atoms with Gasteiger partial charge in [0, 0.05) is 42.8 Å². The van der Waals surface area contributed by atoms with Crippen LogP contribution in [0.15, 0.2) is 30.5 Å². The molecule has 2 fully saturated rings. The minimum Gasteiger partial charge on any atom is -0.360 e. The van der Waals surface area contributed by atoms with Crippen molar-refractivity contribution < 1.29 is 9.59 Å². The van der Waals surface area contributed by atoms with Gasteiger partial charge in [0.1, 0.15) is 0 Å². The van der Waals surface area contributed by atoms with Gasteiger partial charge in [0.25, 0.3) is 5.91 Å². The Bertz CT molecular complexity index is 800. The molecule has 2 heterocycles. The Kier molecular flexibility index (Phi) is 4.70. The maximum Gasteiger partial charge on any atom is 0.256 e. The number of amides is 2. The number of carbonyl (C=O) groups is 2. The fourth-order valence-corrected chi connectivity index (χ4v) is 4.44. The van der Waals surface area contributed by atoms with E-state index in [4.69, 9.17) is 0 Å². The number of nitrogens with one attached hydrogen (secondary N) is 1. The number of hydrogen-bond donors (Lipinski definition) is 1. The SMILES string of the molecule is CCN(C(=O)C1CN(C(=O)c2c[nH]c3ccccc23)C1)C1CCCCC1. The number of likely N-dealkylation sites (tertiary alicyclic amines) is 1. The van der Waals surface area contributed by atoms with Crippen LogP contribution in [0.4, 0.5) is 0 Å². The van der Waals surface area contributed by atoms with Crippen molar-refractivity contribution in [2.75, 3.05) is 19.6 Å². The Morgan fingerprint density at radius 2 is 1.88 bits per heavy atom. The number of para-hydroxylation sites is 1. The molecule has 0 spiro atoms. The predicted molar refractivity (Wildman–Crippen MR) is 102 cm³/mol. The van der Waals surface area contributed by atoms with Crippen LogP contribution in [0.3, 0.4) is 0 Å². The summed E-state index contributed by atoms with van der Waals surface area (Å²) < 4.78 is 0. The summed E-state index contributed by atoms with van der Waals surface area (Å²) in [5.41, 5.74) is 1.67. The molecular formula is C21H27N3O2. The van der Waals surface area contributed by atoms with Crippen LogP contribution in [0, 0.1) is 5.92 Å². The Morgan fingerprint density at radius 1 is 1.15 bits per heavy atom. The average Bonchev–Trinajstić information content (AvgIpc) is 3.06. The van der Waals surface area contributed by atoms with Crippen LogP contribution in [0.5, 0.6) is 0 Å². The second kappa shape index (κ2) is 7.14. The van der Waals surface area contributed by atoms with Crippen LogP contribution in [-0.2, 0) is 4.79 Å². The highest BCUT2D eigenvalue weighted by atomic mass is 16.2. The van der Waals surface area contributed by atoms with Gasteiger partial charge in [0.2, 0.25) is 5.91 Å². The van der Waals surface area contributed by atoms with Gasteiger partial charge in [-0.15, -0.1) is 0 Å². The molecular weight excluding hydrogens is 326 g/mol. The van der Waals surface area contributed by atoms with Crippen LogP contribution in [0.25, 0.3) is 10.9 Å². The summed E-state index contributed by atoms with van der Waals surface area (Å²) >= 11 is 0. The van der Waals surface area contributed by atoms with Gasteiger partial charge in [-0.1, -0.05) is 37.5 Å². The van der Waals surface area contributed by atoms with Gasteiger partial charge in [-0.25, -0.2) is 0 Å². The number of aromatic amines is 1. The lowest BCUT2D eigenvalue weighted by molar-refractivity contribution is -0.142. The van der Waals surface area contributed by atoms with Crippen molar-refractivity contribution in [2.45, 2.75) is 45.1 Å². The highest BCUT2D eigenvalue weighted by Crippen LogP contribution is 2.28. The minimum absolute atomic E-state index is 0.0206. The number of rotatable bonds is 4. The van der Waals surface area contributed by atoms with Gasteiger partial charge in [-0.2, -0.15) is 0 Å². The van der Waals surface area contributed by atoms with Crippen molar-refractivity contribution in [1.29, 1.82) is 0 Å². The van der Waals surface area contributed by atoms with E-state index < -0.39 is 0 Å². The van der Waals surface area contributed by atoms with E-state index in [0.29, 0.717) is 24.7 Å². The predicted octanol–water partition coefficient (Wildman–Crippen LogP) is 3.42. The fraction of sp³-hybridized carbons (Fsp3) is 0.524. The lowest BCUT2D eigenvalue weighted by Gasteiger charge is -2.43. The zero-order chi connectivity index (χ0) is 18.1. The topological polar surface area (TPSA) is 56.4 Å². The number of nitrogens with zero attached hydrogens (tertiary/aromatic N) is 2. The third-order valence-electron chi connectivity index (χ3n) is 5.98. The van der Waals surface area contributed by atoms with Crippen LogP contribution >= 0.6 is 0 Å². The summed E-state index contributed by atoms with van der Waals surface area (Å²) in [5.74, 6) is 0.223. The first kappa shape index (κ1) is 17.1. The summed E-state index contributed by atoms with van der Waals surface area (Å²) in [6.07, 6.45) is 7.78. The van der Waals surface area contributed by atoms with E-state index in [-0.39, 0.29) is 17.7 Å². The van der Waals surface area contributed by atoms with E-state index in [1.54, 1.807) is 11.1 Å².